The molecule has 1 aromatic rings. The van der Waals surface area contributed by atoms with Gasteiger partial charge in [0.2, 0.25) is 0 Å². The summed E-state index contributed by atoms with van der Waals surface area (Å²) in [6, 6.07) is 0. The first-order valence-corrected chi connectivity index (χ1v) is 6.08. The molecule has 0 unspecified atom stereocenters. The van der Waals surface area contributed by atoms with Crippen molar-refractivity contribution in [3.05, 3.63) is 10.6 Å². The second kappa shape index (κ2) is 4.90. The second-order valence-electron chi connectivity index (χ2n) is 4.00. The van der Waals surface area contributed by atoms with Crippen LogP contribution in [0.2, 0.25) is 0 Å². The smallest absolute Gasteiger partial charge is 0.195 e. The molecule has 0 aliphatic carbocycles. The number of aromatic nitrogens is 3. The van der Waals surface area contributed by atoms with Crippen LogP contribution in [0.1, 0.15) is 25.6 Å². The average Bonchev–Trinajstić information content (AvgIpc) is 2.84. The molecule has 15 heavy (non-hydrogen) atoms. The molecule has 4 nitrogen and oxygen atoms in total. The van der Waals surface area contributed by atoms with E-state index in [1.54, 1.807) is 0 Å². The summed E-state index contributed by atoms with van der Waals surface area (Å²) in [4.78, 5) is 2.49. The highest BCUT2D eigenvalue weighted by molar-refractivity contribution is 7.71. The average molecular weight is 226 g/mol. The molecule has 1 N–H and O–H groups in total. The Bertz CT molecular complexity index is 362. The molecule has 5 heteroatoms. The van der Waals surface area contributed by atoms with Crippen molar-refractivity contribution in [3.63, 3.8) is 0 Å². The fourth-order valence-corrected chi connectivity index (χ4v) is 2.34. The summed E-state index contributed by atoms with van der Waals surface area (Å²) in [6.45, 7) is 6.66. The monoisotopic (exact) mass is 226 g/mol. The van der Waals surface area contributed by atoms with E-state index in [0.29, 0.717) is 0 Å². The Labute approximate surface area is 95.3 Å². The third kappa shape index (κ3) is 2.46. The Balaban J connectivity index is 1.97. The molecule has 0 atom stereocenters. The van der Waals surface area contributed by atoms with E-state index < -0.39 is 0 Å². The predicted molar refractivity (Wildman–Crippen MR) is 62.5 cm³/mol. The first-order chi connectivity index (χ1) is 7.31. The number of H-pyrrole nitrogens is 1. The highest BCUT2D eigenvalue weighted by Crippen LogP contribution is 2.07. The van der Waals surface area contributed by atoms with Crippen molar-refractivity contribution in [2.24, 2.45) is 0 Å². The largest absolute Gasteiger partial charge is 0.303 e. The van der Waals surface area contributed by atoms with E-state index in [9.17, 15) is 0 Å². The zero-order valence-corrected chi connectivity index (χ0v) is 10.0. The summed E-state index contributed by atoms with van der Waals surface area (Å²) in [5.41, 5.74) is 0. The molecule has 1 aliphatic heterocycles. The van der Waals surface area contributed by atoms with Gasteiger partial charge in [-0.15, -0.1) is 0 Å². The number of hydrogen-bond donors (Lipinski definition) is 1. The van der Waals surface area contributed by atoms with Crippen LogP contribution < -0.4 is 0 Å². The standard InChI is InChI=1S/C10H18N4S/c1-2-9-11-12-10(15)14(9)8-7-13-5-3-4-6-13/h2-8H2,1H3,(H,12,15). The minimum Gasteiger partial charge on any atom is -0.303 e. The number of rotatable bonds is 4. The Morgan fingerprint density at radius 1 is 1.33 bits per heavy atom. The lowest BCUT2D eigenvalue weighted by Crippen LogP contribution is -2.24. The van der Waals surface area contributed by atoms with Crippen LogP contribution in [0.25, 0.3) is 0 Å². The number of hydrogen-bond acceptors (Lipinski definition) is 3. The van der Waals surface area contributed by atoms with Crippen molar-refractivity contribution >= 4 is 12.2 Å². The van der Waals surface area contributed by atoms with Crippen molar-refractivity contribution in [2.75, 3.05) is 19.6 Å². The van der Waals surface area contributed by atoms with Crippen LogP contribution in [0.15, 0.2) is 0 Å². The van der Waals surface area contributed by atoms with Gasteiger partial charge in [-0.25, -0.2) is 0 Å². The molecule has 0 aromatic carbocycles. The van der Waals surface area contributed by atoms with Gasteiger partial charge >= 0.3 is 0 Å². The molecule has 1 saturated heterocycles. The fourth-order valence-electron chi connectivity index (χ4n) is 2.10. The van der Waals surface area contributed by atoms with Crippen molar-refractivity contribution in [3.8, 4) is 0 Å². The number of likely N-dealkylation sites (tertiary alicyclic amines) is 1. The first kappa shape index (κ1) is 10.8. The normalized spacial score (nSPS) is 17.4. The summed E-state index contributed by atoms with van der Waals surface area (Å²) in [6.07, 6.45) is 3.63. The molecule has 0 bridgehead atoms. The molecule has 2 heterocycles. The molecule has 1 aromatic heterocycles. The van der Waals surface area contributed by atoms with Crippen LogP contribution in [0.4, 0.5) is 0 Å². The van der Waals surface area contributed by atoms with Crippen LogP contribution in [0.5, 0.6) is 0 Å². The third-order valence-corrected chi connectivity index (χ3v) is 3.30. The van der Waals surface area contributed by atoms with Crippen LogP contribution in [-0.4, -0.2) is 39.3 Å². The predicted octanol–water partition coefficient (Wildman–Crippen LogP) is 1.60. The first-order valence-electron chi connectivity index (χ1n) is 5.67. The van der Waals surface area contributed by atoms with Gasteiger partial charge in [0.05, 0.1) is 0 Å². The Morgan fingerprint density at radius 3 is 2.73 bits per heavy atom. The minimum atomic E-state index is 0.756. The number of nitrogens with one attached hydrogen (secondary N) is 1. The van der Waals surface area contributed by atoms with Crippen molar-refractivity contribution in [1.29, 1.82) is 0 Å². The zero-order valence-electron chi connectivity index (χ0n) is 9.20. The van der Waals surface area contributed by atoms with Crippen LogP contribution >= 0.6 is 12.2 Å². The lowest BCUT2D eigenvalue weighted by Gasteiger charge is -2.15. The van der Waals surface area contributed by atoms with Gasteiger partial charge in [0, 0.05) is 19.5 Å². The summed E-state index contributed by atoms with van der Waals surface area (Å²) < 4.78 is 2.87. The van der Waals surface area contributed by atoms with Gasteiger partial charge < -0.3 is 9.47 Å². The summed E-state index contributed by atoms with van der Waals surface area (Å²) >= 11 is 5.21. The van der Waals surface area contributed by atoms with E-state index in [1.165, 1.54) is 25.9 Å². The summed E-state index contributed by atoms with van der Waals surface area (Å²) in [7, 11) is 0. The number of nitrogens with zero attached hydrogens (tertiary/aromatic N) is 3. The zero-order chi connectivity index (χ0) is 10.7. The SMILES string of the molecule is CCc1n[nH]c(=S)n1CCN1CCCC1. The van der Waals surface area contributed by atoms with Gasteiger partial charge in [-0.2, -0.15) is 5.10 Å². The highest BCUT2D eigenvalue weighted by Gasteiger charge is 2.12. The van der Waals surface area contributed by atoms with E-state index >= 15 is 0 Å². The quantitative estimate of drug-likeness (QED) is 0.792. The lowest BCUT2D eigenvalue weighted by molar-refractivity contribution is 0.320. The Morgan fingerprint density at radius 2 is 2.07 bits per heavy atom. The van der Waals surface area contributed by atoms with Crippen molar-refractivity contribution in [2.45, 2.75) is 32.7 Å². The molecule has 1 aliphatic rings. The molecule has 0 amide bonds. The van der Waals surface area contributed by atoms with Crippen molar-refractivity contribution < 1.29 is 0 Å². The van der Waals surface area contributed by atoms with Crippen LogP contribution in [0, 0.1) is 4.77 Å². The van der Waals surface area contributed by atoms with Gasteiger partial charge in [0.1, 0.15) is 5.82 Å². The van der Waals surface area contributed by atoms with Crippen LogP contribution in [0.3, 0.4) is 0 Å². The molecule has 2 rings (SSSR count). The van der Waals surface area contributed by atoms with Gasteiger partial charge in [-0.05, 0) is 38.1 Å². The van der Waals surface area contributed by atoms with Crippen LogP contribution in [-0.2, 0) is 13.0 Å². The third-order valence-electron chi connectivity index (χ3n) is 2.99. The topological polar surface area (TPSA) is 36.9 Å². The van der Waals surface area contributed by atoms with Gasteiger partial charge in [-0.1, -0.05) is 6.92 Å². The van der Waals surface area contributed by atoms with E-state index in [-0.39, 0.29) is 0 Å². The lowest BCUT2D eigenvalue weighted by atomic mass is 10.4. The Kier molecular flexibility index (Phi) is 3.53. The van der Waals surface area contributed by atoms with Gasteiger partial charge in [0.15, 0.2) is 4.77 Å². The molecule has 1 fully saturated rings. The molecular formula is C10H18N4S. The van der Waals surface area contributed by atoms with E-state index in [4.69, 9.17) is 12.2 Å². The van der Waals surface area contributed by atoms with Gasteiger partial charge in [0.25, 0.3) is 0 Å². The number of aromatic amines is 1. The second-order valence-corrected chi connectivity index (χ2v) is 4.39. The maximum Gasteiger partial charge on any atom is 0.195 e. The van der Waals surface area contributed by atoms with E-state index in [1.807, 2.05) is 0 Å². The summed E-state index contributed by atoms with van der Waals surface area (Å²) in [5, 5.41) is 7.07. The van der Waals surface area contributed by atoms with Gasteiger partial charge in [-0.3, -0.25) is 5.10 Å². The van der Waals surface area contributed by atoms with Crippen molar-refractivity contribution in [1.82, 2.24) is 19.7 Å². The minimum absolute atomic E-state index is 0.756. The molecule has 0 radical (unpaired) electrons. The molecule has 0 saturated carbocycles. The Hall–Kier alpha value is -0.680. The summed E-state index contributed by atoms with van der Waals surface area (Å²) in [5.74, 6) is 1.07. The maximum absolute atomic E-state index is 5.21. The molecular weight excluding hydrogens is 208 g/mol. The molecule has 0 spiro atoms. The van der Waals surface area contributed by atoms with E-state index in [0.717, 1.165) is 30.1 Å². The number of aryl methyl sites for hydroxylation is 1. The highest BCUT2D eigenvalue weighted by atomic mass is 32.1. The fraction of sp³-hybridized carbons (Fsp3) is 0.800. The van der Waals surface area contributed by atoms with E-state index in [2.05, 4.69) is 26.6 Å². The maximum atomic E-state index is 5.21. The molecule has 84 valence electrons.